The Hall–Kier alpha value is -0.120. The molecular formula is C13H26N2O. The van der Waals surface area contributed by atoms with E-state index < -0.39 is 0 Å². The molecule has 0 radical (unpaired) electrons. The lowest BCUT2D eigenvalue weighted by Crippen LogP contribution is -2.47. The van der Waals surface area contributed by atoms with E-state index in [-0.39, 0.29) is 0 Å². The Balaban J connectivity index is 1.64. The summed E-state index contributed by atoms with van der Waals surface area (Å²) in [4.78, 5) is 2.61. The van der Waals surface area contributed by atoms with Gasteiger partial charge < -0.3 is 15.0 Å². The molecule has 0 saturated carbocycles. The van der Waals surface area contributed by atoms with Gasteiger partial charge in [-0.3, -0.25) is 0 Å². The number of hydrogen-bond acceptors (Lipinski definition) is 3. The molecule has 0 aromatic heterocycles. The molecule has 94 valence electrons. The van der Waals surface area contributed by atoms with Crippen LogP contribution >= 0.6 is 0 Å². The molecule has 0 spiro atoms. The second kappa shape index (κ2) is 5.99. The van der Waals surface area contributed by atoms with E-state index in [1.165, 1.54) is 38.9 Å². The maximum atomic E-state index is 5.40. The molecule has 3 heteroatoms. The predicted octanol–water partition coefficient (Wildman–Crippen LogP) is 1.49. The molecule has 1 N–H and O–H groups in total. The minimum Gasteiger partial charge on any atom is -0.380 e. The number of ether oxygens (including phenoxy) is 1. The summed E-state index contributed by atoms with van der Waals surface area (Å²) in [6.45, 7) is 10.3. The van der Waals surface area contributed by atoms with Crippen molar-refractivity contribution in [1.29, 1.82) is 0 Å². The van der Waals surface area contributed by atoms with Crippen molar-refractivity contribution in [1.82, 2.24) is 10.2 Å². The zero-order chi connectivity index (χ0) is 11.4. The van der Waals surface area contributed by atoms with E-state index in [4.69, 9.17) is 4.74 Å². The van der Waals surface area contributed by atoms with Crippen molar-refractivity contribution >= 4 is 0 Å². The van der Waals surface area contributed by atoms with Gasteiger partial charge in [-0.25, -0.2) is 0 Å². The average Bonchev–Trinajstić information content (AvgIpc) is 2.73. The molecule has 3 nitrogen and oxygen atoms in total. The third kappa shape index (κ3) is 3.72. The van der Waals surface area contributed by atoms with Crippen molar-refractivity contribution in [2.75, 3.05) is 32.8 Å². The molecule has 2 heterocycles. The summed E-state index contributed by atoms with van der Waals surface area (Å²) in [5.74, 6) is 0.799. The maximum Gasteiger partial charge on any atom is 0.0620 e. The Morgan fingerprint density at radius 3 is 2.50 bits per heavy atom. The standard InChI is InChI=1S/C13H26N2O/c1-11(2)9-15-6-3-12(4-7-15)14-13-5-8-16-10-13/h11-14H,3-10H2,1-2H3. The number of hydrogen-bond donors (Lipinski definition) is 1. The minimum absolute atomic E-state index is 0.627. The van der Waals surface area contributed by atoms with Crippen molar-refractivity contribution in [2.45, 2.75) is 45.2 Å². The summed E-state index contributed by atoms with van der Waals surface area (Å²) in [7, 11) is 0. The van der Waals surface area contributed by atoms with Crippen LogP contribution in [0.2, 0.25) is 0 Å². The zero-order valence-corrected chi connectivity index (χ0v) is 10.7. The molecule has 2 saturated heterocycles. The Kier molecular flexibility index (Phi) is 4.62. The number of likely N-dealkylation sites (tertiary alicyclic amines) is 1. The molecule has 16 heavy (non-hydrogen) atoms. The summed E-state index contributed by atoms with van der Waals surface area (Å²) in [5.41, 5.74) is 0. The first-order chi connectivity index (χ1) is 7.74. The molecule has 0 bridgehead atoms. The first-order valence-corrected chi connectivity index (χ1v) is 6.80. The second-order valence-electron chi connectivity index (χ2n) is 5.70. The molecule has 2 fully saturated rings. The summed E-state index contributed by atoms with van der Waals surface area (Å²) in [6.07, 6.45) is 3.82. The molecule has 0 aromatic carbocycles. The highest BCUT2D eigenvalue weighted by Crippen LogP contribution is 2.14. The lowest BCUT2D eigenvalue weighted by molar-refractivity contribution is 0.163. The van der Waals surface area contributed by atoms with Gasteiger partial charge in [-0.15, -0.1) is 0 Å². The van der Waals surface area contributed by atoms with Crippen molar-refractivity contribution in [3.63, 3.8) is 0 Å². The van der Waals surface area contributed by atoms with Crippen LogP contribution in [0, 0.1) is 5.92 Å². The van der Waals surface area contributed by atoms with Crippen LogP contribution in [0.25, 0.3) is 0 Å². The van der Waals surface area contributed by atoms with Crippen molar-refractivity contribution in [3.05, 3.63) is 0 Å². The Morgan fingerprint density at radius 1 is 1.19 bits per heavy atom. The summed E-state index contributed by atoms with van der Waals surface area (Å²) in [5, 5.41) is 3.74. The highest BCUT2D eigenvalue weighted by Gasteiger charge is 2.23. The van der Waals surface area contributed by atoms with Crippen LogP contribution in [0.15, 0.2) is 0 Å². The molecular weight excluding hydrogens is 200 g/mol. The van der Waals surface area contributed by atoms with Gasteiger partial charge in [-0.2, -0.15) is 0 Å². The third-order valence-electron chi connectivity index (χ3n) is 3.61. The largest absolute Gasteiger partial charge is 0.380 e. The van der Waals surface area contributed by atoms with Crippen LogP contribution in [-0.2, 0) is 4.74 Å². The second-order valence-corrected chi connectivity index (χ2v) is 5.70. The Labute approximate surface area is 99.5 Å². The monoisotopic (exact) mass is 226 g/mol. The quantitative estimate of drug-likeness (QED) is 0.786. The van der Waals surface area contributed by atoms with Gasteiger partial charge >= 0.3 is 0 Å². The SMILES string of the molecule is CC(C)CN1CCC(NC2CCOC2)CC1. The summed E-state index contributed by atoms with van der Waals surface area (Å²) >= 11 is 0. The van der Waals surface area contributed by atoms with Gasteiger partial charge in [0.05, 0.1) is 6.61 Å². The fourth-order valence-corrected chi connectivity index (χ4v) is 2.80. The molecule has 2 aliphatic rings. The number of nitrogens with zero attached hydrogens (tertiary/aromatic N) is 1. The third-order valence-corrected chi connectivity index (χ3v) is 3.61. The number of nitrogens with one attached hydrogen (secondary N) is 1. The molecule has 0 amide bonds. The van der Waals surface area contributed by atoms with Gasteiger partial charge in [-0.1, -0.05) is 13.8 Å². The fraction of sp³-hybridized carbons (Fsp3) is 1.00. The highest BCUT2D eigenvalue weighted by atomic mass is 16.5. The van der Waals surface area contributed by atoms with Gasteiger partial charge in [0.15, 0.2) is 0 Å². The van der Waals surface area contributed by atoms with Crippen LogP contribution in [0.5, 0.6) is 0 Å². The first-order valence-electron chi connectivity index (χ1n) is 6.80. The average molecular weight is 226 g/mol. The van der Waals surface area contributed by atoms with Crippen molar-refractivity contribution in [2.24, 2.45) is 5.92 Å². The predicted molar refractivity (Wildman–Crippen MR) is 66.7 cm³/mol. The van der Waals surface area contributed by atoms with E-state index in [1.807, 2.05) is 0 Å². The maximum absolute atomic E-state index is 5.40. The molecule has 2 rings (SSSR count). The topological polar surface area (TPSA) is 24.5 Å². The van der Waals surface area contributed by atoms with Crippen molar-refractivity contribution < 1.29 is 4.74 Å². The summed E-state index contributed by atoms with van der Waals surface area (Å²) < 4.78 is 5.40. The van der Waals surface area contributed by atoms with Crippen LogP contribution in [-0.4, -0.2) is 49.8 Å². The number of piperidine rings is 1. The van der Waals surface area contributed by atoms with E-state index >= 15 is 0 Å². The van der Waals surface area contributed by atoms with E-state index in [0.29, 0.717) is 6.04 Å². The molecule has 1 atom stereocenters. The van der Waals surface area contributed by atoms with Gasteiger partial charge in [0, 0.05) is 25.2 Å². The molecule has 1 unspecified atom stereocenters. The Morgan fingerprint density at radius 2 is 1.94 bits per heavy atom. The number of rotatable bonds is 4. The van der Waals surface area contributed by atoms with E-state index in [9.17, 15) is 0 Å². The minimum atomic E-state index is 0.627. The van der Waals surface area contributed by atoms with E-state index in [2.05, 4.69) is 24.1 Å². The lowest BCUT2D eigenvalue weighted by atomic mass is 10.0. The van der Waals surface area contributed by atoms with E-state index in [0.717, 1.165) is 25.2 Å². The highest BCUT2D eigenvalue weighted by molar-refractivity contribution is 4.82. The fourth-order valence-electron chi connectivity index (χ4n) is 2.80. The molecule has 0 aromatic rings. The van der Waals surface area contributed by atoms with Crippen LogP contribution in [0.4, 0.5) is 0 Å². The van der Waals surface area contributed by atoms with Gasteiger partial charge in [0.25, 0.3) is 0 Å². The first kappa shape index (κ1) is 12.3. The van der Waals surface area contributed by atoms with Crippen LogP contribution < -0.4 is 5.32 Å². The van der Waals surface area contributed by atoms with Crippen molar-refractivity contribution in [3.8, 4) is 0 Å². The lowest BCUT2D eigenvalue weighted by Gasteiger charge is -2.34. The smallest absolute Gasteiger partial charge is 0.0620 e. The van der Waals surface area contributed by atoms with Gasteiger partial charge in [0.1, 0.15) is 0 Å². The zero-order valence-electron chi connectivity index (χ0n) is 10.7. The van der Waals surface area contributed by atoms with Gasteiger partial charge in [-0.05, 0) is 38.3 Å². The Bertz CT molecular complexity index is 194. The van der Waals surface area contributed by atoms with Gasteiger partial charge in [0.2, 0.25) is 0 Å². The molecule has 2 aliphatic heterocycles. The summed E-state index contributed by atoms with van der Waals surface area (Å²) in [6, 6.07) is 1.36. The van der Waals surface area contributed by atoms with Crippen LogP contribution in [0.1, 0.15) is 33.1 Å². The van der Waals surface area contributed by atoms with E-state index in [1.54, 1.807) is 0 Å². The van der Waals surface area contributed by atoms with Crippen LogP contribution in [0.3, 0.4) is 0 Å². The normalized spacial score (nSPS) is 29.1. The molecule has 0 aliphatic carbocycles.